The first-order valence-corrected chi connectivity index (χ1v) is 6.64. The molecule has 0 amide bonds. The molecule has 2 heteroatoms. The van der Waals surface area contributed by atoms with Crippen LogP contribution in [0.3, 0.4) is 0 Å². The standard InChI is InChI=1S/C13H28N2/c1-4-15(10-11(2)3)13-9-7-5-6-8-12(13)14/h11-13H,4-10,14H2,1-3H3. The maximum Gasteiger partial charge on any atom is 0.0247 e. The predicted octanol–water partition coefficient (Wildman–Crippen LogP) is 2.62. The van der Waals surface area contributed by atoms with Crippen LogP contribution in [-0.2, 0) is 0 Å². The molecule has 0 radical (unpaired) electrons. The van der Waals surface area contributed by atoms with E-state index in [9.17, 15) is 0 Å². The van der Waals surface area contributed by atoms with Crippen molar-refractivity contribution in [1.82, 2.24) is 4.90 Å². The molecule has 1 aliphatic rings. The summed E-state index contributed by atoms with van der Waals surface area (Å²) in [5.74, 6) is 0.750. The van der Waals surface area contributed by atoms with Crippen molar-refractivity contribution >= 4 is 0 Å². The lowest BCUT2D eigenvalue weighted by Crippen LogP contribution is -2.48. The Balaban J connectivity index is 2.54. The molecule has 15 heavy (non-hydrogen) atoms. The molecule has 0 aliphatic heterocycles. The minimum absolute atomic E-state index is 0.409. The molecule has 0 aromatic heterocycles. The van der Waals surface area contributed by atoms with E-state index in [1.807, 2.05) is 0 Å². The molecule has 0 bridgehead atoms. The Morgan fingerprint density at radius 3 is 2.47 bits per heavy atom. The molecule has 1 aliphatic carbocycles. The Morgan fingerprint density at radius 2 is 1.87 bits per heavy atom. The Morgan fingerprint density at radius 1 is 1.20 bits per heavy atom. The molecule has 0 spiro atoms. The summed E-state index contributed by atoms with van der Waals surface area (Å²) in [6, 6.07) is 1.05. The van der Waals surface area contributed by atoms with E-state index in [0.717, 1.165) is 12.5 Å². The molecule has 1 saturated carbocycles. The highest BCUT2D eigenvalue weighted by molar-refractivity contribution is 4.84. The van der Waals surface area contributed by atoms with Crippen molar-refractivity contribution in [3.8, 4) is 0 Å². The van der Waals surface area contributed by atoms with E-state index in [2.05, 4.69) is 25.7 Å². The first-order valence-electron chi connectivity index (χ1n) is 6.64. The van der Waals surface area contributed by atoms with Crippen LogP contribution in [0.1, 0.15) is 52.9 Å². The van der Waals surface area contributed by atoms with E-state index < -0.39 is 0 Å². The molecule has 1 rings (SSSR count). The average Bonchev–Trinajstić information content (AvgIpc) is 2.39. The van der Waals surface area contributed by atoms with Crippen LogP contribution in [0, 0.1) is 5.92 Å². The lowest BCUT2D eigenvalue weighted by molar-refractivity contribution is 0.153. The topological polar surface area (TPSA) is 29.3 Å². The second kappa shape index (κ2) is 6.49. The van der Waals surface area contributed by atoms with Crippen molar-refractivity contribution in [2.75, 3.05) is 13.1 Å². The first kappa shape index (κ1) is 13.0. The fourth-order valence-electron chi connectivity index (χ4n) is 2.74. The van der Waals surface area contributed by atoms with Crippen LogP contribution in [-0.4, -0.2) is 30.1 Å². The number of nitrogens with zero attached hydrogens (tertiary/aromatic N) is 1. The zero-order valence-electron chi connectivity index (χ0n) is 10.7. The molecule has 0 heterocycles. The molecule has 0 aromatic carbocycles. The van der Waals surface area contributed by atoms with Crippen LogP contribution in [0.2, 0.25) is 0 Å². The van der Waals surface area contributed by atoms with Crippen LogP contribution in [0.4, 0.5) is 0 Å². The molecule has 1 fully saturated rings. The van der Waals surface area contributed by atoms with Gasteiger partial charge in [-0.25, -0.2) is 0 Å². The highest BCUT2D eigenvalue weighted by Gasteiger charge is 2.25. The van der Waals surface area contributed by atoms with Crippen LogP contribution < -0.4 is 5.73 Å². The third-order valence-corrected chi connectivity index (χ3v) is 3.51. The van der Waals surface area contributed by atoms with Crippen LogP contribution in [0.25, 0.3) is 0 Å². The molecule has 2 nitrogen and oxygen atoms in total. The number of hydrogen-bond acceptors (Lipinski definition) is 2. The average molecular weight is 212 g/mol. The molecule has 2 atom stereocenters. The molecule has 2 unspecified atom stereocenters. The van der Waals surface area contributed by atoms with Crippen molar-refractivity contribution in [1.29, 1.82) is 0 Å². The van der Waals surface area contributed by atoms with Crippen LogP contribution in [0.5, 0.6) is 0 Å². The van der Waals surface area contributed by atoms with E-state index in [1.165, 1.54) is 38.6 Å². The SMILES string of the molecule is CCN(CC(C)C)C1CCCCCC1N. The van der Waals surface area contributed by atoms with Crippen LogP contribution >= 0.6 is 0 Å². The van der Waals surface area contributed by atoms with E-state index in [1.54, 1.807) is 0 Å². The van der Waals surface area contributed by atoms with Gasteiger partial charge in [-0.15, -0.1) is 0 Å². The largest absolute Gasteiger partial charge is 0.326 e. The molecule has 90 valence electrons. The molecule has 2 N–H and O–H groups in total. The van der Waals surface area contributed by atoms with E-state index in [-0.39, 0.29) is 0 Å². The molecular formula is C13H28N2. The van der Waals surface area contributed by atoms with E-state index >= 15 is 0 Å². The Bertz CT molecular complexity index is 168. The second-order valence-electron chi connectivity index (χ2n) is 5.35. The third kappa shape index (κ3) is 4.12. The monoisotopic (exact) mass is 212 g/mol. The summed E-state index contributed by atoms with van der Waals surface area (Å²) in [7, 11) is 0. The Hall–Kier alpha value is -0.0800. The van der Waals surface area contributed by atoms with Gasteiger partial charge in [0.05, 0.1) is 0 Å². The van der Waals surface area contributed by atoms with Gasteiger partial charge in [-0.2, -0.15) is 0 Å². The summed E-state index contributed by atoms with van der Waals surface area (Å²) in [5.41, 5.74) is 6.29. The van der Waals surface area contributed by atoms with Gasteiger partial charge in [0, 0.05) is 18.6 Å². The maximum absolute atomic E-state index is 6.29. The van der Waals surface area contributed by atoms with Crippen LogP contribution in [0.15, 0.2) is 0 Å². The fraction of sp³-hybridized carbons (Fsp3) is 1.00. The zero-order valence-corrected chi connectivity index (χ0v) is 10.7. The highest BCUT2D eigenvalue weighted by Crippen LogP contribution is 2.21. The van der Waals surface area contributed by atoms with Gasteiger partial charge < -0.3 is 5.73 Å². The summed E-state index contributed by atoms with van der Waals surface area (Å²) >= 11 is 0. The number of likely N-dealkylation sites (N-methyl/N-ethyl adjacent to an activating group) is 1. The van der Waals surface area contributed by atoms with Crippen molar-refractivity contribution < 1.29 is 0 Å². The lowest BCUT2D eigenvalue weighted by atomic mass is 10.0. The smallest absolute Gasteiger partial charge is 0.0247 e. The number of nitrogens with two attached hydrogens (primary N) is 1. The van der Waals surface area contributed by atoms with E-state index in [0.29, 0.717) is 12.1 Å². The van der Waals surface area contributed by atoms with Crippen molar-refractivity contribution in [3.63, 3.8) is 0 Å². The van der Waals surface area contributed by atoms with E-state index in [4.69, 9.17) is 5.73 Å². The normalized spacial score (nSPS) is 28.4. The minimum atomic E-state index is 0.409. The van der Waals surface area contributed by atoms with Gasteiger partial charge in [0.2, 0.25) is 0 Å². The summed E-state index contributed by atoms with van der Waals surface area (Å²) in [6.45, 7) is 9.21. The number of hydrogen-bond donors (Lipinski definition) is 1. The predicted molar refractivity (Wildman–Crippen MR) is 66.9 cm³/mol. The Labute approximate surface area is 95.2 Å². The number of rotatable bonds is 4. The second-order valence-corrected chi connectivity index (χ2v) is 5.35. The minimum Gasteiger partial charge on any atom is -0.326 e. The van der Waals surface area contributed by atoms with Gasteiger partial charge in [0.15, 0.2) is 0 Å². The summed E-state index contributed by atoms with van der Waals surface area (Å²) in [4.78, 5) is 2.60. The summed E-state index contributed by atoms with van der Waals surface area (Å²) < 4.78 is 0. The molecule has 0 aromatic rings. The Kier molecular flexibility index (Phi) is 5.62. The van der Waals surface area contributed by atoms with Gasteiger partial charge in [-0.3, -0.25) is 4.90 Å². The third-order valence-electron chi connectivity index (χ3n) is 3.51. The van der Waals surface area contributed by atoms with Crippen molar-refractivity contribution in [2.24, 2.45) is 11.7 Å². The first-order chi connectivity index (χ1) is 7.15. The molecule has 0 saturated heterocycles. The van der Waals surface area contributed by atoms with Crippen molar-refractivity contribution in [2.45, 2.75) is 65.0 Å². The van der Waals surface area contributed by atoms with Gasteiger partial charge in [-0.1, -0.05) is 40.0 Å². The quantitative estimate of drug-likeness (QED) is 0.726. The molecular weight excluding hydrogens is 184 g/mol. The van der Waals surface area contributed by atoms with Crippen molar-refractivity contribution in [3.05, 3.63) is 0 Å². The maximum atomic E-state index is 6.29. The van der Waals surface area contributed by atoms with Gasteiger partial charge >= 0.3 is 0 Å². The van der Waals surface area contributed by atoms with Gasteiger partial charge in [-0.05, 0) is 25.3 Å². The van der Waals surface area contributed by atoms with Gasteiger partial charge in [0.1, 0.15) is 0 Å². The van der Waals surface area contributed by atoms with Gasteiger partial charge in [0.25, 0.3) is 0 Å². The summed E-state index contributed by atoms with van der Waals surface area (Å²) in [6.07, 6.45) is 6.61. The summed E-state index contributed by atoms with van der Waals surface area (Å²) in [5, 5.41) is 0. The lowest BCUT2D eigenvalue weighted by Gasteiger charge is -2.35. The zero-order chi connectivity index (χ0) is 11.3. The highest BCUT2D eigenvalue weighted by atomic mass is 15.2. The fourth-order valence-corrected chi connectivity index (χ4v) is 2.74.